The molecule has 0 amide bonds. The van der Waals surface area contributed by atoms with Gasteiger partial charge in [-0.15, -0.1) is 0 Å². The number of anilines is 1. The molecular weight excluding hydrogens is 858 g/mol. The van der Waals surface area contributed by atoms with E-state index in [1.807, 2.05) is 0 Å². The zero-order valence-electron chi connectivity index (χ0n) is 38.9. The van der Waals surface area contributed by atoms with Crippen molar-refractivity contribution in [2.45, 2.75) is 71.1 Å². The Kier molecular flexibility index (Phi) is 43.5. The van der Waals surface area contributed by atoms with Gasteiger partial charge in [0.1, 0.15) is 12.3 Å². The second kappa shape index (κ2) is 47.3. The smallest absolute Gasteiger partial charge is 0.305 e. The number of carbonyl (C=O) groups is 1. The molecule has 0 aliphatic carbocycles. The number of nitrogens with zero attached hydrogens (tertiary/aromatic N) is 2. The number of rotatable bonds is 52. The Morgan fingerprint density at radius 3 is 1.11 bits per heavy atom. The molecule has 0 saturated carbocycles. The van der Waals surface area contributed by atoms with Gasteiger partial charge in [0, 0.05) is 19.0 Å². The van der Waals surface area contributed by atoms with Crippen LogP contribution in [0.4, 0.5) is 17.1 Å². The lowest BCUT2D eigenvalue weighted by Gasteiger charge is -2.09. The molecule has 0 atom stereocenters. The summed E-state index contributed by atoms with van der Waals surface area (Å²) in [6, 6.07) is 3.42. The lowest BCUT2D eigenvalue weighted by atomic mass is 10.1. The average Bonchev–Trinajstić information content (AvgIpc) is 3.30. The Morgan fingerprint density at radius 2 is 0.769 bits per heavy atom. The molecule has 0 fully saturated rings. The number of non-ortho nitro benzene ring substituents is 1. The van der Waals surface area contributed by atoms with Gasteiger partial charge < -0.3 is 66.9 Å². The van der Waals surface area contributed by atoms with Gasteiger partial charge in [-0.25, -0.2) is 0 Å². The molecule has 21 heteroatoms. The predicted molar refractivity (Wildman–Crippen MR) is 241 cm³/mol. The Morgan fingerprint density at radius 1 is 0.446 bits per heavy atom. The summed E-state index contributed by atoms with van der Waals surface area (Å²) in [6.45, 7) is 13.2. The van der Waals surface area contributed by atoms with Crippen LogP contribution in [0.5, 0.6) is 0 Å². The fourth-order valence-electron chi connectivity index (χ4n) is 5.58. The molecule has 65 heavy (non-hydrogen) atoms. The van der Waals surface area contributed by atoms with E-state index in [0.717, 1.165) is 18.9 Å². The average molecular weight is 938 g/mol. The van der Waals surface area contributed by atoms with Gasteiger partial charge in [-0.05, 0) is 12.5 Å². The van der Waals surface area contributed by atoms with Crippen LogP contribution in [0.1, 0.15) is 71.1 Å². The number of nitrogens with one attached hydrogen (secondary N) is 1. The maximum Gasteiger partial charge on any atom is 0.305 e. The van der Waals surface area contributed by atoms with Crippen molar-refractivity contribution in [1.82, 2.24) is 0 Å². The zero-order valence-corrected chi connectivity index (χ0v) is 38.9. The van der Waals surface area contributed by atoms with E-state index in [1.54, 1.807) is 0 Å². The van der Waals surface area contributed by atoms with Crippen LogP contribution in [0, 0.1) is 20.2 Å². The highest BCUT2D eigenvalue weighted by Crippen LogP contribution is 2.28. The van der Waals surface area contributed by atoms with Gasteiger partial charge in [0.15, 0.2) is 0 Å². The number of ether oxygens (including phenoxy) is 13. The highest BCUT2D eigenvalue weighted by atomic mass is 16.6. The Balaban J connectivity index is 1.67. The summed E-state index contributed by atoms with van der Waals surface area (Å²) >= 11 is 0. The fourth-order valence-corrected chi connectivity index (χ4v) is 5.58. The van der Waals surface area contributed by atoms with Gasteiger partial charge in [0.25, 0.3) is 11.4 Å². The van der Waals surface area contributed by atoms with Gasteiger partial charge in [-0.3, -0.25) is 25.0 Å². The van der Waals surface area contributed by atoms with Crippen LogP contribution in [0.25, 0.3) is 0 Å². The molecule has 1 aromatic rings. The monoisotopic (exact) mass is 938 g/mol. The standard InChI is InChI=1S/C44H79N3O18/c1-2-3-4-5-6-7-8-9-10-11-44(48)65-39-38-64-37-36-63-35-34-62-33-32-61-31-30-60-29-28-59-27-26-58-25-24-57-23-22-56-21-20-55-19-18-54-17-16-53-15-14-45-42-13-12-41(46(49)50)40-43(42)47(51)52/h12-13,40,45H,2-11,14-39H2,1H3. The maximum atomic E-state index is 11.8. The second-order valence-electron chi connectivity index (χ2n) is 14.3. The largest absolute Gasteiger partial charge is 0.463 e. The minimum absolute atomic E-state index is 0.148. The number of nitro groups is 2. The fraction of sp³-hybridized carbons (Fsp3) is 0.841. The van der Waals surface area contributed by atoms with Crippen LogP contribution in [-0.4, -0.2) is 188 Å². The summed E-state index contributed by atoms with van der Waals surface area (Å²) in [5, 5.41) is 24.9. The van der Waals surface area contributed by atoms with E-state index in [2.05, 4.69) is 12.2 Å². The summed E-state index contributed by atoms with van der Waals surface area (Å²) in [5.74, 6) is -0.148. The lowest BCUT2D eigenvalue weighted by molar-refractivity contribution is -0.393. The topological polar surface area (TPSA) is 235 Å². The van der Waals surface area contributed by atoms with E-state index in [0.29, 0.717) is 158 Å². The Hall–Kier alpha value is -3.19. The van der Waals surface area contributed by atoms with Crippen LogP contribution in [0.3, 0.4) is 0 Å². The van der Waals surface area contributed by atoms with Crippen molar-refractivity contribution in [2.24, 2.45) is 0 Å². The molecule has 1 N–H and O–H groups in total. The maximum absolute atomic E-state index is 11.8. The molecule has 1 aromatic carbocycles. The molecule has 378 valence electrons. The van der Waals surface area contributed by atoms with E-state index < -0.39 is 9.85 Å². The van der Waals surface area contributed by atoms with Crippen molar-refractivity contribution in [1.29, 1.82) is 0 Å². The summed E-state index contributed by atoms with van der Waals surface area (Å²) in [7, 11) is 0. The van der Waals surface area contributed by atoms with Crippen LogP contribution in [0.15, 0.2) is 18.2 Å². The Bertz CT molecular complexity index is 1250. The summed E-state index contributed by atoms with van der Waals surface area (Å²) in [6.07, 6.45) is 11.5. The highest BCUT2D eigenvalue weighted by molar-refractivity contribution is 5.69. The van der Waals surface area contributed by atoms with E-state index in [4.69, 9.17) is 61.6 Å². The van der Waals surface area contributed by atoms with E-state index in [9.17, 15) is 25.0 Å². The molecule has 0 saturated heterocycles. The van der Waals surface area contributed by atoms with E-state index in [-0.39, 0.29) is 42.8 Å². The summed E-state index contributed by atoms with van der Waals surface area (Å²) in [4.78, 5) is 32.5. The van der Waals surface area contributed by atoms with Crippen LogP contribution < -0.4 is 5.32 Å². The molecule has 0 aliphatic rings. The second-order valence-corrected chi connectivity index (χ2v) is 14.3. The van der Waals surface area contributed by atoms with Gasteiger partial charge in [0.05, 0.1) is 174 Å². The molecule has 0 heterocycles. The molecule has 1 rings (SSSR count). The molecular formula is C44H79N3O18. The Labute approximate surface area is 385 Å². The van der Waals surface area contributed by atoms with E-state index in [1.165, 1.54) is 57.1 Å². The van der Waals surface area contributed by atoms with Crippen LogP contribution in [0.2, 0.25) is 0 Å². The third kappa shape index (κ3) is 40.8. The highest BCUT2D eigenvalue weighted by Gasteiger charge is 2.19. The van der Waals surface area contributed by atoms with Crippen LogP contribution >= 0.6 is 0 Å². The van der Waals surface area contributed by atoms with Crippen molar-refractivity contribution in [3.63, 3.8) is 0 Å². The first kappa shape index (κ1) is 59.8. The first-order valence-corrected chi connectivity index (χ1v) is 23.2. The zero-order chi connectivity index (χ0) is 46.9. The minimum atomic E-state index is -0.682. The quantitative estimate of drug-likeness (QED) is 0.0363. The minimum Gasteiger partial charge on any atom is -0.463 e. The number of benzene rings is 1. The predicted octanol–water partition coefficient (Wildman–Crippen LogP) is 5.58. The molecule has 0 aromatic heterocycles. The summed E-state index contributed by atoms with van der Waals surface area (Å²) in [5.41, 5.74) is -0.536. The molecule has 0 bridgehead atoms. The molecule has 0 aliphatic heterocycles. The SMILES string of the molecule is CCCCCCCCCCCC(=O)OCCOCCOCCOCCOCCOCCOCCOCCOCCOCCOCCOCCOCCNc1ccc([N+](=O)[O-])cc1[N+](=O)[O-]. The van der Waals surface area contributed by atoms with Gasteiger partial charge in [-0.1, -0.05) is 58.3 Å². The van der Waals surface area contributed by atoms with Gasteiger partial charge in [0.2, 0.25) is 0 Å². The summed E-state index contributed by atoms with van der Waals surface area (Å²) < 4.78 is 70.9. The number of esters is 1. The third-order valence-corrected chi connectivity index (χ3v) is 9.02. The molecule has 0 radical (unpaired) electrons. The number of carbonyl (C=O) groups excluding carboxylic acids is 1. The normalized spacial score (nSPS) is 11.3. The van der Waals surface area contributed by atoms with Crippen molar-refractivity contribution in [3.05, 3.63) is 38.4 Å². The molecule has 21 nitrogen and oxygen atoms in total. The van der Waals surface area contributed by atoms with Gasteiger partial charge >= 0.3 is 5.97 Å². The lowest BCUT2D eigenvalue weighted by Crippen LogP contribution is -2.16. The molecule has 0 unspecified atom stereocenters. The number of unbranched alkanes of at least 4 members (excludes halogenated alkanes) is 8. The van der Waals surface area contributed by atoms with Crippen molar-refractivity contribution >= 4 is 23.0 Å². The van der Waals surface area contributed by atoms with E-state index >= 15 is 0 Å². The van der Waals surface area contributed by atoms with Crippen molar-refractivity contribution < 1.29 is 76.2 Å². The van der Waals surface area contributed by atoms with Crippen molar-refractivity contribution in [3.8, 4) is 0 Å². The van der Waals surface area contributed by atoms with Crippen LogP contribution in [-0.2, 0) is 66.4 Å². The number of hydrogen-bond acceptors (Lipinski definition) is 19. The molecule has 0 spiro atoms. The number of nitro benzene ring substituents is 2. The van der Waals surface area contributed by atoms with Gasteiger partial charge in [-0.2, -0.15) is 0 Å². The first-order chi connectivity index (χ1) is 32.0. The third-order valence-electron chi connectivity index (χ3n) is 9.02. The first-order valence-electron chi connectivity index (χ1n) is 23.2. The van der Waals surface area contributed by atoms with Crippen molar-refractivity contribution in [2.75, 3.05) is 177 Å². The number of hydrogen-bond donors (Lipinski definition) is 1.